The van der Waals surface area contributed by atoms with E-state index in [1.54, 1.807) is 0 Å². The zero-order chi connectivity index (χ0) is 15.1. The first-order valence-corrected chi connectivity index (χ1v) is 12.0. The third kappa shape index (κ3) is 12.3. The van der Waals surface area contributed by atoms with E-state index in [4.69, 9.17) is 4.52 Å². The van der Waals surface area contributed by atoms with E-state index in [-0.39, 0.29) is 0 Å². The van der Waals surface area contributed by atoms with Gasteiger partial charge in [0.2, 0.25) is 0 Å². The van der Waals surface area contributed by atoms with Gasteiger partial charge in [0.1, 0.15) is 0 Å². The summed E-state index contributed by atoms with van der Waals surface area (Å²) in [5, 5.41) is 0. The molecule has 0 saturated heterocycles. The van der Waals surface area contributed by atoms with Crippen LogP contribution in [0.5, 0.6) is 0 Å². The minimum absolute atomic E-state index is 0.656. The largest absolute Gasteiger partial charge is 0.321 e. The lowest BCUT2D eigenvalue weighted by Gasteiger charge is -2.15. The van der Waals surface area contributed by atoms with Gasteiger partial charge in [0, 0.05) is 6.16 Å². The van der Waals surface area contributed by atoms with E-state index in [0.29, 0.717) is 12.8 Å². The van der Waals surface area contributed by atoms with Gasteiger partial charge < -0.3 is 4.52 Å². The molecule has 0 aliphatic carbocycles. The van der Waals surface area contributed by atoms with Crippen molar-refractivity contribution in [3.05, 3.63) is 0 Å². The molecule has 0 aromatic carbocycles. The van der Waals surface area contributed by atoms with Gasteiger partial charge in [-0.3, -0.25) is 4.57 Å². The molecule has 0 N–H and O–H groups in total. The molecule has 0 fully saturated rings. The molecule has 1 atom stereocenters. The molecule has 1 unspecified atom stereocenters. The van der Waals surface area contributed by atoms with Gasteiger partial charge in [-0.05, 0) is 12.2 Å². The fourth-order valence-corrected chi connectivity index (χ4v) is 5.63. The van der Waals surface area contributed by atoms with Crippen LogP contribution in [0.15, 0.2) is 0 Å². The summed E-state index contributed by atoms with van der Waals surface area (Å²) in [6, 6.07) is 0. The Morgan fingerprint density at radius 2 is 1.30 bits per heavy atom. The molecule has 20 heavy (non-hydrogen) atoms. The Morgan fingerprint density at radius 1 is 0.800 bits per heavy atom. The lowest BCUT2D eigenvalue weighted by atomic mass is 10.1. The summed E-state index contributed by atoms with van der Waals surface area (Å²) in [6.07, 6.45) is 13.9. The fourth-order valence-electron chi connectivity index (χ4n) is 2.21. The van der Waals surface area contributed by atoms with E-state index in [2.05, 4.69) is 6.92 Å². The summed E-state index contributed by atoms with van der Waals surface area (Å²) in [5.41, 5.74) is 0. The first-order chi connectivity index (χ1) is 9.68. The molecular weight excluding hydrogens is 287 g/mol. The third-order valence-corrected chi connectivity index (χ3v) is 8.55. The summed E-state index contributed by atoms with van der Waals surface area (Å²) in [5.74, 6) is 0.878. The number of hydrogen-bond donors (Lipinski definition) is 0. The summed E-state index contributed by atoms with van der Waals surface area (Å²) in [4.78, 5) is 0. The monoisotopic (exact) mass is 322 g/mol. The molecule has 0 rings (SSSR count). The molecule has 0 aliphatic heterocycles. The molecule has 122 valence electrons. The molecule has 0 spiro atoms. The average molecular weight is 322 g/mol. The minimum Gasteiger partial charge on any atom is -0.321 e. The highest BCUT2D eigenvalue weighted by molar-refractivity contribution is 8.56. The van der Waals surface area contributed by atoms with Crippen LogP contribution in [-0.4, -0.2) is 18.5 Å². The van der Waals surface area contributed by atoms with Crippen molar-refractivity contribution in [3.8, 4) is 0 Å². The first kappa shape index (κ1) is 20.5. The van der Waals surface area contributed by atoms with Gasteiger partial charge in [-0.1, -0.05) is 89.9 Å². The molecule has 4 heteroatoms. The second-order valence-corrected chi connectivity index (χ2v) is 10.8. The normalized spacial score (nSPS) is 14.3. The highest BCUT2D eigenvalue weighted by Crippen LogP contribution is 2.59. The SMILES string of the molecule is CCCCCCCCCCCCOP(=O)(CC)SCC. The molecule has 2 nitrogen and oxygen atoms in total. The molecule has 0 saturated carbocycles. The van der Waals surface area contributed by atoms with Crippen molar-refractivity contribution in [3.63, 3.8) is 0 Å². The van der Waals surface area contributed by atoms with Crippen LogP contribution in [-0.2, 0) is 9.09 Å². The van der Waals surface area contributed by atoms with E-state index >= 15 is 0 Å². The number of rotatable bonds is 15. The lowest BCUT2D eigenvalue weighted by molar-refractivity contribution is 0.312. The number of hydrogen-bond acceptors (Lipinski definition) is 3. The molecule has 0 aliphatic rings. The zero-order valence-corrected chi connectivity index (χ0v) is 15.6. The lowest BCUT2D eigenvalue weighted by Crippen LogP contribution is -1.94. The minimum atomic E-state index is -2.36. The zero-order valence-electron chi connectivity index (χ0n) is 13.9. The van der Waals surface area contributed by atoms with Crippen molar-refractivity contribution < 1.29 is 9.09 Å². The Balaban J connectivity index is 3.30. The maximum Gasteiger partial charge on any atom is 0.257 e. The van der Waals surface area contributed by atoms with Gasteiger partial charge in [0.15, 0.2) is 0 Å². The standard InChI is InChI=1S/C16H35O2PS/c1-4-7-8-9-10-11-12-13-14-15-16-18-19(17,5-2)20-6-3/h4-16H2,1-3H3. The maximum absolute atomic E-state index is 12.2. The van der Waals surface area contributed by atoms with Crippen LogP contribution >= 0.6 is 18.0 Å². The van der Waals surface area contributed by atoms with Crippen LogP contribution in [0.25, 0.3) is 0 Å². The van der Waals surface area contributed by atoms with Crippen molar-refractivity contribution in [1.29, 1.82) is 0 Å². The van der Waals surface area contributed by atoms with Crippen LogP contribution in [0.1, 0.15) is 85.0 Å². The molecule has 0 radical (unpaired) electrons. The molecule has 0 aromatic heterocycles. The summed E-state index contributed by atoms with van der Waals surface area (Å²) < 4.78 is 17.8. The maximum atomic E-state index is 12.2. The van der Waals surface area contributed by atoms with Gasteiger partial charge in [-0.25, -0.2) is 0 Å². The van der Waals surface area contributed by atoms with Crippen LogP contribution in [0, 0.1) is 0 Å². The highest BCUT2D eigenvalue weighted by Gasteiger charge is 2.19. The second kappa shape index (κ2) is 14.5. The highest BCUT2D eigenvalue weighted by atomic mass is 32.7. The van der Waals surface area contributed by atoms with E-state index in [1.165, 1.54) is 69.2 Å². The molecule has 0 bridgehead atoms. The fraction of sp³-hybridized carbons (Fsp3) is 1.00. The predicted molar refractivity (Wildman–Crippen MR) is 94.1 cm³/mol. The smallest absolute Gasteiger partial charge is 0.257 e. The average Bonchev–Trinajstić information content (AvgIpc) is 2.45. The summed E-state index contributed by atoms with van der Waals surface area (Å²) in [6.45, 7) is 4.58. The van der Waals surface area contributed by atoms with Crippen molar-refractivity contribution in [1.82, 2.24) is 0 Å². The number of unbranched alkanes of at least 4 members (excludes halogenated alkanes) is 9. The Bertz CT molecular complexity index is 247. The third-order valence-electron chi connectivity index (χ3n) is 3.50. The summed E-state index contributed by atoms with van der Waals surface area (Å²) in [7, 11) is 0. The van der Waals surface area contributed by atoms with Crippen LogP contribution in [0.4, 0.5) is 0 Å². The second-order valence-electron chi connectivity index (χ2n) is 5.36. The Labute approximate surface area is 131 Å². The van der Waals surface area contributed by atoms with E-state index in [9.17, 15) is 4.57 Å². The van der Waals surface area contributed by atoms with Gasteiger partial charge in [0.25, 0.3) is 6.57 Å². The van der Waals surface area contributed by atoms with Crippen LogP contribution < -0.4 is 0 Å². The van der Waals surface area contributed by atoms with Crippen molar-refractivity contribution >= 4 is 18.0 Å². The van der Waals surface area contributed by atoms with Crippen LogP contribution in [0.2, 0.25) is 0 Å². The van der Waals surface area contributed by atoms with Crippen molar-refractivity contribution in [2.45, 2.75) is 85.0 Å². The quantitative estimate of drug-likeness (QED) is 0.242. The van der Waals surface area contributed by atoms with E-state index in [0.717, 1.165) is 12.2 Å². The Hall–Kier alpha value is 0.540. The van der Waals surface area contributed by atoms with Crippen molar-refractivity contribution in [2.24, 2.45) is 0 Å². The Kier molecular flexibility index (Phi) is 14.9. The van der Waals surface area contributed by atoms with Gasteiger partial charge in [0.05, 0.1) is 6.61 Å². The topological polar surface area (TPSA) is 26.3 Å². The molecular formula is C16H35O2PS. The Morgan fingerprint density at radius 3 is 1.75 bits per heavy atom. The predicted octanol–water partition coefficient (Wildman–Crippen LogP) is 6.89. The van der Waals surface area contributed by atoms with E-state index in [1.807, 2.05) is 13.8 Å². The summed E-state index contributed by atoms with van der Waals surface area (Å²) >= 11 is 1.49. The molecule has 0 heterocycles. The van der Waals surface area contributed by atoms with Gasteiger partial charge >= 0.3 is 0 Å². The van der Waals surface area contributed by atoms with Gasteiger partial charge in [-0.2, -0.15) is 0 Å². The van der Waals surface area contributed by atoms with Crippen molar-refractivity contribution in [2.75, 3.05) is 18.5 Å². The molecule has 0 amide bonds. The van der Waals surface area contributed by atoms with Gasteiger partial charge in [-0.15, -0.1) is 0 Å². The van der Waals surface area contributed by atoms with E-state index < -0.39 is 6.57 Å². The first-order valence-electron chi connectivity index (χ1n) is 8.56. The van der Waals surface area contributed by atoms with Crippen LogP contribution in [0.3, 0.4) is 0 Å². The molecule has 0 aromatic rings.